The van der Waals surface area contributed by atoms with Crippen molar-refractivity contribution in [3.05, 3.63) is 51.1 Å². The zero-order chi connectivity index (χ0) is 12.4. The Bertz CT molecular complexity index is 557. The molecule has 0 saturated carbocycles. The Morgan fingerprint density at radius 1 is 1.18 bits per heavy atom. The van der Waals surface area contributed by atoms with Gasteiger partial charge in [-0.2, -0.15) is 0 Å². The number of benzene rings is 1. The van der Waals surface area contributed by atoms with Crippen LogP contribution >= 0.6 is 27.5 Å². The average Bonchev–Trinajstić information content (AvgIpc) is 2.29. The molecule has 0 aliphatic rings. The van der Waals surface area contributed by atoms with Gasteiger partial charge in [-0.15, -0.1) is 0 Å². The standard InChI is InChI=1S/C13H11BrClNO/c1-8-3-4-10(15)6-12(8)17-13-5-9(2)11(14)7-16-13/h3-7H,1-2H3. The Morgan fingerprint density at radius 2 is 1.94 bits per heavy atom. The minimum absolute atomic E-state index is 0.566. The molecule has 2 nitrogen and oxygen atoms in total. The lowest BCUT2D eigenvalue weighted by atomic mass is 10.2. The van der Waals surface area contributed by atoms with Crippen LogP contribution in [0.25, 0.3) is 0 Å². The molecule has 17 heavy (non-hydrogen) atoms. The number of aromatic nitrogens is 1. The molecule has 2 rings (SSSR count). The van der Waals surface area contributed by atoms with E-state index in [4.69, 9.17) is 16.3 Å². The maximum atomic E-state index is 5.93. The lowest BCUT2D eigenvalue weighted by molar-refractivity contribution is 0.459. The van der Waals surface area contributed by atoms with Gasteiger partial charge >= 0.3 is 0 Å². The molecule has 0 spiro atoms. The first-order valence-corrected chi connectivity index (χ1v) is 6.29. The van der Waals surface area contributed by atoms with Crippen molar-refractivity contribution >= 4 is 27.5 Å². The highest BCUT2D eigenvalue weighted by molar-refractivity contribution is 9.10. The number of aryl methyl sites for hydroxylation is 2. The van der Waals surface area contributed by atoms with Crippen LogP contribution < -0.4 is 4.74 Å². The van der Waals surface area contributed by atoms with Crippen molar-refractivity contribution in [1.82, 2.24) is 4.98 Å². The smallest absolute Gasteiger partial charge is 0.219 e. The molecule has 1 heterocycles. The SMILES string of the molecule is Cc1cc(Oc2cc(Cl)ccc2C)ncc1Br. The van der Waals surface area contributed by atoms with E-state index in [-0.39, 0.29) is 0 Å². The number of nitrogens with zero attached hydrogens (tertiary/aromatic N) is 1. The van der Waals surface area contributed by atoms with Gasteiger partial charge in [-0.05, 0) is 53.0 Å². The molecule has 0 aliphatic heterocycles. The topological polar surface area (TPSA) is 22.1 Å². The van der Waals surface area contributed by atoms with Crippen LogP contribution in [-0.2, 0) is 0 Å². The van der Waals surface area contributed by atoms with Gasteiger partial charge in [-0.1, -0.05) is 17.7 Å². The van der Waals surface area contributed by atoms with Crippen molar-refractivity contribution in [3.63, 3.8) is 0 Å². The first-order valence-electron chi connectivity index (χ1n) is 5.12. The highest BCUT2D eigenvalue weighted by Gasteiger charge is 2.05. The largest absolute Gasteiger partial charge is 0.439 e. The number of pyridine rings is 1. The van der Waals surface area contributed by atoms with Gasteiger partial charge in [0, 0.05) is 21.8 Å². The fourth-order valence-corrected chi connectivity index (χ4v) is 1.74. The van der Waals surface area contributed by atoms with E-state index in [1.54, 1.807) is 12.3 Å². The maximum Gasteiger partial charge on any atom is 0.219 e. The van der Waals surface area contributed by atoms with Gasteiger partial charge in [0.05, 0.1) is 0 Å². The van der Waals surface area contributed by atoms with Crippen LogP contribution in [0.2, 0.25) is 5.02 Å². The zero-order valence-corrected chi connectivity index (χ0v) is 11.8. The Balaban J connectivity index is 2.31. The lowest BCUT2D eigenvalue weighted by Gasteiger charge is -2.09. The molecule has 88 valence electrons. The molecule has 0 saturated heterocycles. The molecule has 0 atom stereocenters. The summed E-state index contributed by atoms with van der Waals surface area (Å²) in [6.45, 7) is 3.96. The first kappa shape index (κ1) is 12.4. The van der Waals surface area contributed by atoms with E-state index < -0.39 is 0 Å². The molecule has 0 amide bonds. The van der Waals surface area contributed by atoms with E-state index in [9.17, 15) is 0 Å². The molecule has 2 aromatic rings. The maximum absolute atomic E-state index is 5.93. The summed E-state index contributed by atoms with van der Waals surface area (Å²) in [7, 11) is 0. The Hall–Kier alpha value is -1.06. The molecular formula is C13H11BrClNO. The summed E-state index contributed by atoms with van der Waals surface area (Å²) in [5.41, 5.74) is 2.10. The van der Waals surface area contributed by atoms with E-state index >= 15 is 0 Å². The predicted molar refractivity (Wildman–Crippen MR) is 72.9 cm³/mol. The monoisotopic (exact) mass is 311 g/mol. The molecular weight excluding hydrogens is 302 g/mol. The average molecular weight is 313 g/mol. The second-order valence-corrected chi connectivity index (χ2v) is 5.07. The second kappa shape index (κ2) is 5.07. The van der Waals surface area contributed by atoms with Crippen molar-refractivity contribution in [2.24, 2.45) is 0 Å². The van der Waals surface area contributed by atoms with Crippen LogP contribution in [0.4, 0.5) is 0 Å². The molecule has 0 radical (unpaired) electrons. The Kier molecular flexibility index (Phi) is 3.69. The third-order valence-electron chi connectivity index (χ3n) is 2.39. The number of ether oxygens (including phenoxy) is 1. The summed E-state index contributed by atoms with van der Waals surface area (Å²) in [5.74, 6) is 1.29. The summed E-state index contributed by atoms with van der Waals surface area (Å²) in [4.78, 5) is 4.19. The highest BCUT2D eigenvalue weighted by atomic mass is 79.9. The summed E-state index contributed by atoms with van der Waals surface area (Å²) in [5, 5.41) is 0.652. The van der Waals surface area contributed by atoms with Crippen LogP contribution in [0, 0.1) is 13.8 Å². The highest BCUT2D eigenvalue weighted by Crippen LogP contribution is 2.28. The first-order chi connectivity index (χ1) is 8.06. The molecule has 0 fully saturated rings. The number of hydrogen-bond donors (Lipinski definition) is 0. The van der Waals surface area contributed by atoms with Gasteiger partial charge < -0.3 is 4.74 Å². The summed E-state index contributed by atoms with van der Waals surface area (Å²) < 4.78 is 6.67. The predicted octanol–water partition coefficient (Wildman–Crippen LogP) is 4.91. The molecule has 0 unspecified atom stereocenters. The van der Waals surface area contributed by atoms with Crippen molar-refractivity contribution < 1.29 is 4.74 Å². The van der Waals surface area contributed by atoms with Gasteiger partial charge in [-0.25, -0.2) is 4.98 Å². The zero-order valence-electron chi connectivity index (χ0n) is 9.50. The van der Waals surface area contributed by atoms with Crippen LogP contribution in [0.1, 0.15) is 11.1 Å². The third kappa shape index (κ3) is 2.99. The molecule has 0 aliphatic carbocycles. The minimum atomic E-state index is 0.566. The molecule has 4 heteroatoms. The Labute approximate surface area is 114 Å². The molecule has 1 aromatic heterocycles. The molecule has 0 bridgehead atoms. The van der Waals surface area contributed by atoms with E-state index in [2.05, 4.69) is 20.9 Å². The summed E-state index contributed by atoms with van der Waals surface area (Å²) in [6, 6.07) is 7.42. The number of hydrogen-bond acceptors (Lipinski definition) is 2. The van der Waals surface area contributed by atoms with Gasteiger partial charge in [0.25, 0.3) is 0 Å². The minimum Gasteiger partial charge on any atom is -0.439 e. The normalized spacial score (nSPS) is 10.4. The molecule has 0 N–H and O–H groups in total. The van der Waals surface area contributed by atoms with Gasteiger partial charge in [0.1, 0.15) is 5.75 Å². The van der Waals surface area contributed by atoms with E-state index in [1.165, 1.54) is 0 Å². The van der Waals surface area contributed by atoms with E-state index in [0.29, 0.717) is 10.9 Å². The van der Waals surface area contributed by atoms with E-state index in [0.717, 1.165) is 21.3 Å². The van der Waals surface area contributed by atoms with E-state index in [1.807, 2.05) is 32.0 Å². The summed E-state index contributed by atoms with van der Waals surface area (Å²) >= 11 is 9.33. The van der Waals surface area contributed by atoms with Crippen LogP contribution in [0.5, 0.6) is 11.6 Å². The number of halogens is 2. The summed E-state index contributed by atoms with van der Waals surface area (Å²) in [6.07, 6.45) is 1.73. The van der Waals surface area contributed by atoms with Crippen molar-refractivity contribution in [2.75, 3.05) is 0 Å². The van der Waals surface area contributed by atoms with Crippen LogP contribution in [0.15, 0.2) is 34.9 Å². The number of rotatable bonds is 2. The van der Waals surface area contributed by atoms with Gasteiger partial charge in [0.15, 0.2) is 0 Å². The second-order valence-electron chi connectivity index (χ2n) is 3.78. The van der Waals surface area contributed by atoms with Crippen molar-refractivity contribution in [2.45, 2.75) is 13.8 Å². The lowest BCUT2D eigenvalue weighted by Crippen LogP contribution is -1.91. The third-order valence-corrected chi connectivity index (χ3v) is 3.45. The van der Waals surface area contributed by atoms with Crippen molar-refractivity contribution in [1.29, 1.82) is 0 Å². The van der Waals surface area contributed by atoms with Crippen LogP contribution in [-0.4, -0.2) is 4.98 Å². The Morgan fingerprint density at radius 3 is 2.65 bits per heavy atom. The van der Waals surface area contributed by atoms with Gasteiger partial charge in [0.2, 0.25) is 5.88 Å². The fraction of sp³-hybridized carbons (Fsp3) is 0.154. The quantitative estimate of drug-likeness (QED) is 0.786. The molecule has 1 aromatic carbocycles. The van der Waals surface area contributed by atoms with Crippen molar-refractivity contribution in [3.8, 4) is 11.6 Å². The van der Waals surface area contributed by atoms with Crippen LogP contribution in [0.3, 0.4) is 0 Å². The fourth-order valence-electron chi connectivity index (χ4n) is 1.37. The van der Waals surface area contributed by atoms with Gasteiger partial charge in [-0.3, -0.25) is 0 Å².